The van der Waals surface area contributed by atoms with Crippen molar-refractivity contribution in [2.45, 2.75) is 58.7 Å². The Morgan fingerprint density at radius 1 is 1.29 bits per heavy atom. The molecular formula is C18H30N2O. The van der Waals surface area contributed by atoms with Crippen molar-refractivity contribution in [3.63, 3.8) is 0 Å². The van der Waals surface area contributed by atoms with E-state index in [9.17, 15) is 0 Å². The summed E-state index contributed by atoms with van der Waals surface area (Å²) in [7, 11) is 0. The second-order valence-corrected chi connectivity index (χ2v) is 6.28. The molecule has 0 aliphatic carbocycles. The predicted octanol–water partition coefficient (Wildman–Crippen LogP) is 3.44. The van der Waals surface area contributed by atoms with Gasteiger partial charge >= 0.3 is 0 Å². The van der Waals surface area contributed by atoms with Crippen LogP contribution in [0.15, 0.2) is 24.3 Å². The Morgan fingerprint density at radius 2 is 2.05 bits per heavy atom. The van der Waals surface area contributed by atoms with Crippen molar-refractivity contribution < 1.29 is 4.74 Å². The number of rotatable bonds is 7. The van der Waals surface area contributed by atoms with Gasteiger partial charge in [-0.3, -0.25) is 0 Å². The second kappa shape index (κ2) is 8.40. The Morgan fingerprint density at radius 3 is 2.71 bits per heavy atom. The third-order valence-corrected chi connectivity index (χ3v) is 4.23. The highest BCUT2D eigenvalue weighted by atomic mass is 16.5. The Bertz CT molecular complexity index is 411. The first kappa shape index (κ1) is 16.3. The quantitative estimate of drug-likeness (QED) is 0.832. The van der Waals surface area contributed by atoms with Gasteiger partial charge in [0.25, 0.3) is 0 Å². The van der Waals surface area contributed by atoms with Gasteiger partial charge in [-0.15, -0.1) is 0 Å². The lowest BCUT2D eigenvalue weighted by Gasteiger charge is -2.35. The lowest BCUT2D eigenvalue weighted by Crippen LogP contribution is -2.44. The molecular weight excluding hydrogens is 260 g/mol. The molecule has 1 fully saturated rings. The molecule has 0 saturated carbocycles. The van der Waals surface area contributed by atoms with Crippen molar-refractivity contribution in [1.82, 2.24) is 10.2 Å². The first-order valence-corrected chi connectivity index (χ1v) is 8.38. The fraction of sp³-hybridized carbons (Fsp3) is 0.667. The summed E-state index contributed by atoms with van der Waals surface area (Å²) in [5.74, 6) is 0.991. The van der Waals surface area contributed by atoms with Crippen LogP contribution in [-0.4, -0.2) is 36.7 Å². The maximum atomic E-state index is 5.69. The highest BCUT2D eigenvalue weighted by molar-refractivity contribution is 5.28. The molecule has 0 radical (unpaired) electrons. The summed E-state index contributed by atoms with van der Waals surface area (Å²) in [6.07, 6.45) is 3.56. The third kappa shape index (κ3) is 5.33. The SMILES string of the molecule is CCCOc1cccc(CNC2CCN(C(C)C)CC2)c1. The highest BCUT2D eigenvalue weighted by Crippen LogP contribution is 2.16. The summed E-state index contributed by atoms with van der Waals surface area (Å²) < 4.78 is 5.69. The van der Waals surface area contributed by atoms with Gasteiger partial charge < -0.3 is 15.0 Å². The maximum Gasteiger partial charge on any atom is 0.119 e. The average Bonchev–Trinajstić information content (AvgIpc) is 2.52. The zero-order valence-electron chi connectivity index (χ0n) is 13.8. The molecule has 118 valence electrons. The lowest BCUT2D eigenvalue weighted by molar-refractivity contribution is 0.161. The van der Waals surface area contributed by atoms with Gasteiger partial charge in [0.2, 0.25) is 0 Å². The summed E-state index contributed by atoms with van der Waals surface area (Å²) in [6.45, 7) is 10.9. The summed E-state index contributed by atoms with van der Waals surface area (Å²) in [5, 5.41) is 3.70. The molecule has 3 nitrogen and oxygen atoms in total. The number of piperidine rings is 1. The summed E-state index contributed by atoms with van der Waals surface area (Å²) in [5.41, 5.74) is 1.31. The van der Waals surface area contributed by atoms with E-state index in [1.807, 2.05) is 6.07 Å². The predicted molar refractivity (Wildman–Crippen MR) is 88.8 cm³/mol. The van der Waals surface area contributed by atoms with Crippen molar-refractivity contribution in [1.29, 1.82) is 0 Å². The van der Waals surface area contributed by atoms with Crippen LogP contribution in [0.25, 0.3) is 0 Å². The molecule has 1 heterocycles. The number of hydrogen-bond acceptors (Lipinski definition) is 3. The molecule has 1 aromatic carbocycles. The molecule has 0 spiro atoms. The minimum Gasteiger partial charge on any atom is -0.494 e. The van der Waals surface area contributed by atoms with Crippen LogP contribution < -0.4 is 10.1 Å². The molecule has 0 aromatic heterocycles. The smallest absolute Gasteiger partial charge is 0.119 e. The van der Waals surface area contributed by atoms with Crippen LogP contribution in [0, 0.1) is 0 Å². The lowest BCUT2D eigenvalue weighted by atomic mass is 10.0. The monoisotopic (exact) mass is 290 g/mol. The van der Waals surface area contributed by atoms with Crippen LogP contribution in [0.1, 0.15) is 45.6 Å². The number of nitrogens with zero attached hydrogens (tertiary/aromatic N) is 1. The van der Waals surface area contributed by atoms with Crippen molar-refractivity contribution >= 4 is 0 Å². The minimum absolute atomic E-state index is 0.653. The molecule has 0 amide bonds. The van der Waals surface area contributed by atoms with Gasteiger partial charge in [-0.1, -0.05) is 19.1 Å². The Labute approximate surface area is 129 Å². The number of likely N-dealkylation sites (tertiary alicyclic amines) is 1. The van der Waals surface area contributed by atoms with Crippen LogP contribution >= 0.6 is 0 Å². The summed E-state index contributed by atoms with van der Waals surface area (Å²) in [4.78, 5) is 2.57. The van der Waals surface area contributed by atoms with E-state index in [2.05, 4.69) is 49.2 Å². The zero-order chi connectivity index (χ0) is 15.1. The molecule has 0 bridgehead atoms. The minimum atomic E-state index is 0.653. The molecule has 21 heavy (non-hydrogen) atoms. The molecule has 1 aliphatic rings. The van der Waals surface area contributed by atoms with Gasteiger partial charge in [0, 0.05) is 18.6 Å². The van der Waals surface area contributed by atoms with Gasteiger partial charge in [0.05, 0.1) is 6.61 Å². The van der Waals surface area contributed by atoms with E-state index in [1.165, 1.54) is 31.5 Å². The number of nitrogens with one attached hydrogen (secondary N) is 1. The average molecular weight is 290 g/mol. The number of ether oxygens (including phenoxy) is 1. The van der Waals surface area contributed by atoms with E-state index in [-0.39, 0.29) is 0 Å². The van der Waals surface area contributed by atoms with Crippen LogP contribution in [0.5, 0.6) is 5.75 Å². The van der Waals surface area contributed by atoms with E-state index < -0.39 is 0 Å². The Hall–Kier alpha value is -1.06. The zero-order valence-corrected chi connectivity index (χ0v) is 13.8. The largest absolute Gasteiger partial charge is 0.494 e. The standard InChI is InChI=1S/C18H30N2O/c1-4-12-21-18-7-5-6-16(13-18)14-19-17-8-10-20(11-9-17)15(2)3/h5-7,13,15,17,19H,4,8-12,14H2,1-3H3. The molecule has 1 aromatic rings. The molecule has 3 heteroatoms. The van der Waals surface area contributed by atoms with Crippen molar-refractivity contribution in [3.05, 3.63) is 29.8 Å². The van der Waals surface area contributed by atoms with E-state index in [0.29, 0.717) is 12.1 Å². The van der Waals surface area contributed by atoms with Crippen molar-refractivity contribution in [2.24, 2.45) is 0 Å². The normalized spacial score (nSPS) is 17.3. The van der Waals surface area contributed by atoms with Crippen molar-refractivity contribution in [2.75, 3.05) is 19.7 Å². The first-order valence-electron chi connectivity index (χ1n) is 8.38. The van der Waals surface area contributed by atoms with Crippen LogP contribution in [0.4, 0.5) is 0 Å². The second-order valence-electron chi connectivity index (χ2n) is 6.28. The molecule has 2 rings (SSSR count). The molecule has 1 aliphatic heterocycles. The van der Waals surface area contributed by atoms with Gasteiger partial charge in [0.15, 0.2) is 0 Å². The van der Waals surface area contributed by atoms with Crippen LogP contribution in [-0.2, 0) is 6.54 Å². The van der Waals surface area contributed by atoms with E-state index >= 15 is 0 Å². The number of benzene rings is 1. The molecule has 0 unspecified atom stereocenters. The van der Waals surface area contributed by atoms with E-state index in [4.69, 9.17) is 4.74 Å². The third-order valence-electron chi connectivity index (χ3n) is 4.23. The topological polar surface area (TPSA) is 24.5 Å². The number of hydrogen-bond donors (Lipinski definition) is 1. The maximum absolute atomic E-state index is 5.69. The molecule has 1 saturated heterocycles. The van der Waals surface area contributed by atoms with E-state index in [1.54, 1.807) is 0 Å². The van der Waals surface area contributed by atoms with Gasteiger partial charge in [-0.25, -0.2) is 0 Å². The molecule has 0 atom stereocenters. The first-order chi connectivity index (χ1) is 10.2. The highest BCUT2D eigenvalue weighted by Gasteiger charge is 2.20. The summed E-state index contributed by atoms with van der Waals surface area (Å²) >= 11 is 0. The Balaban J connectivity index is 1.76. The van der Waals surface area contributed by atoms with Crippen LogP contribution in [0.3, 0.4) is 0 Å². The van der Waals surface area contributed by atoms with Gasteiger partial charge in [-0.05, 0) is 63.9 Å². The van der Waals surface area contributed by atoms with E-state index in [0.717, 1.165) is 25.3 Å². The van der Waals surface area contributed by atoms with Gasteiger partial charge in [0.1, 0.15) is 5.75 Å². The fourth-order valence-corrected chi connectivity index (χ4v) is 2.85. The molecule has 1 N–H and O–H groups in total. The van der Waals surface area contributed by atoms with Crippen LogP contribution in [0.2, 0.25) is 0 Å². The Kier molecular flexibility index (Phi) is 6.52. The summed E-state index contributed by atoms with van der Waals surface area (Å²) in [6, 6.07) is 9.79. The fourth-order valence-electron chi connectivity index (χ4n) is 2.85. The van der Waals surface area contributed by atoms with Crippen molar-refractivity contribution in [3.8, 4) is 5.75 Å². The van der Waals surface area contributed by atoms with Gasteiger partial charge in [-0.2, -0.15) is 0 Å².